The lowest BCUT2D eigenvalue weighted by molar-refractivity contribution is -0.128. The average Bonchev–Trinajstić information content (AvgIpc) is 2.87. The van der Waals surface area contributed by atoms with Crippen LogP contribution in [-0.4, -0.2) is 16.8 Å². The van der Waals surface area contributed by atoms with Crippen molar-refractivity contribution in [2.75, 3.05) is 0 Å². The first-order valence-corrected chi connectivity index (χ1v) is 7.29. The summed E-state index contributed by atoms with van der Waals surface area (Å²) in [5, 5.41) is 10.6. The molecule has 3 rings (SSSR count). The van der Waals surface area contributed by atoms with Gasteiger partial charge in [-0.1, -0.05) is 44.2 Å². The third-order valence-corrected chi connectivity index (χ3v) is 5.38. The second-order valence-electron chi connectivity index (χ2n) is 7.12. The van der Waals surface area contributed by atoms with Gasteiger partial charge in [0.15, 0.2) is 0 Å². The van der Waals surface area contributed by atoms with Gasteiger partial charge in [0.25, 0.3) is 0 Å². The van der Waals surface area contributed by atoms with Crippen molar-refractivity contribution in [3.05, 3.63) is 35.9 Å². The van der Waals surface area contributed by atoms with E-state index in [1.807, 2.05) is 25.1 Å². The molecule has 1 N–H and O–H groups in total. The molecular formula is C17H24O2. The van der Waals surface area contributed by atoms with Gasteiger partial charge in [-0.05, 0) is 42.6 Å². The van der Waals surface area contributed by atoms with Crippen LogP contribution in [-0.2, 0) is 11.3 Å². The van der Waals surface area contributed by atoms with E-state index in [9.17, 15) is 5.11 Å². The van der Waals surface area contributed by atoms with Crippen LogP contribution in [0.4, 0.5) is 0 Å². The van der Waals surface area contributed by atoms with Crippen LogP contribution in [0.3, 0.4) is 0 Å². The van der Waals surface area contributed by atoms with Gasteiger partial charge in [0, 0.05) is 0 Å². The molecule has 0 heterocycles. The Morgan fingerprint density at radius 2 is 1.84 bits per heavy atom. The Kier molecular flexibility index (Phi) is 2.99. The summed E-state index contributed by atoms with van der Waals surface area (Å²) >= 11 is 0. The average molecular weight is 260 g/mol. The van der Waals surface area contributed by atoms with Crippen LogP contribution >= 0.6 is 0 Å². The maximum absolute atomic E-state index is 10.6. The summed E-state index contributed by atoms with van der Waals surface area (Å²) in [7, 11) is 0. The molecule has 104 valence electrons. The summed E-state index contributed by atoms with van der Waals surface area (Å²) in [5.74, 6) is 1.41. The van der Waals surface area contributed by atoms with E-state index in [1.54, 1.807) is 0 Å². The van der Waals surface area contributed by atoms with Gasteiger partial charge in [0.05, 0.1) is 18.3 Å². The fraction of sp³-hybridized carbons (Fsp3) is 0.647. The summed E-state index contributed by atoms with van der Waals surface area (Å²) in [5.41, 5.74) is 0.897. The summed E-state index contributed by atoms with van der Waals surface area (Å²) < 4.78 is 6.02. The van der Waals surface area contributed by atoms with Crippen molar-refractivity contribution < 1.29 is 9.84 Å². The van der Waals surface area contributed by atoms with Crippen LogP contribution in [0.25, 0.3) is 0 Å². The van der Waals surface area contributed by atoms with Crippen LogP contribution in [0.2, 0.25) is 0 Å². The highest BCUT2D eigenvalue weighted by molar-refractivity contribution is 5.15. The highest BCUT2D eigenvalue weighted by Gasteiger charge is 2.64. The molecule has 19 heavy (non-hydrogen) atoms. The van der Waals surface area contributed by atoms with Crippen LogP contribution in [0.1, 0.15) is 39.2 Å². The number of aliphatic hydroxyl groups is 1. The van der Waals surface area contributed by atoms with E-state index in [1.165, 1.54) is 5.56 Å². The molecular weight excluding hydrogens is 236 g/mol. The molecule has 4 atom stereocenters. The van der Waals surface area contributed by atoms with E-state index in [-0.39, 0.29) is 6.10 Å². The van der Waals surface area contributed by atoms with E-state index in [0.29, 0.717) is 17.9 Å². The molecule has 0 saturated heterocycles. The van der Waals surface area contributed by atoms with Gasteiger partial charge < -0.3 is 9.84 Å². The van der Waals surface area contributed by atoms with Crippen LogP contribution in [0.5, 0.6) is 0 Å². The van der Waals surface area contributed by atoms with Crippen molar-refractivity contribution in [2.45, 2.75) is 51.9 Å². The summed E-state index contributed by atoms with van der Waals surface area (Å²) in [6, 6.07) is 10.2. The monoisotopic (exact) mass is 260 g/mol. The number of hydrogen-bond acceptors (Lipinski definition) is 2. The van der Waals surface area contributed by atoms with Crippen molar-refractivity contribution in [2.24, 2.45) is 17.3 Å². The minimum atomic E-state index is -0.677. The Bertz CT molecular complexity index is 450. The molecule has 0 bridgehead atoms. The number of hydrogen-bond donors (Lipinski definition) is 1. The fourth-order valence-corrected chi connectivity index (χ4v) is 3.81. The predicted octanol–water partition coefficient (Wildman–Crippen LogP) is 3.39. The van der Waals surface area contributed by atoms with Gasteiger partial charge >= 0.3 is 0 Å². The highest BCUT2D eigenvalue weighted by Crippen LogP contribution is 2.66. The molecule has 1 aromatic carbocycles. The van der Waals surface area contributed by atoms with Gasteiger partial charge in [-0.15, -0.1) is 0 Å². The molecule has 0 aromatic heterocycles. The molecule has 0 spiro atoms. The summed E-state index contributed by atoms with van der Waals surface area (Å²) in [4.78, 5) is 0. The van der Waals surface area contributed by atoms with Crippen molar-refractivity contribution in [3.63, 3.8) is 0 Å². The standard InChI is InChI=1S/C17H24O2/c1-16(2)13-9-15(17(3,18)10-14(13)16)19-11-12-7-5-4-6-8-12/h4-8,13-15,18H,9-11H2,1-3H3/t13-,14+,15-,17-/m1/s1. The minimum absolute atomic E-state index is 0.0317. The maximum atomic E-state index is 10.6. The smallest absolute Gasteiger partial charge is 0.0883 e. The highest BCUT2D eigenvalue weighted by atomic mass is 16.5. The number of benzene rings is 1. The van der Waals surface area contributed by atoms with E-state index in [0.717, 1.165) is 18.8 Å². The zero-order chi connectivity index (χ0) is 13.7. The van der Waals surface area contributed by atoms with Crippen molar-refractivity contribution >= 4 is 0 Å². The molecule has 0 amide bonds. The van der Waals surface area contributed by atoms with E-state index >= 15 is 0 Å². The first-order valence-electron chi connectivity index (χ1n) is 7.29. The Balaban J connectivity index is 1.64. The second-order valence-corrected chi connectivity index (χ2v) is 7.12. The van der Waals surface area contributed by atoms with Crippen molar-refractivity contribution in [1.82, 2.24) is 0 Å². The summed E-state index contributed by atoms with van der Waals surface area (Å²) in [6.07, 6.45) is 1.84. The third-order valence-electron chi connectivity index (χ3n) is 5.38. The molecule has 2 nitrogen and oxygen atoms in total. The molecule has 2 aliphatic rings. The molecule has 2 fully saturated rings. The van der Waals surface area contributed by atoms with Crippen LogP contribution < -0.4 is 0 Å². The Morgan fingerprint density at radius 1 is 1.16 bits per heavy atom. The normalized spacial score (nSPS) is 39.7. The van der Waals surface area contributed by atoms with Crippen LogP contribution in [0, 0.1) is 17.3 Å². The quantitative estimate of drug-likeness (QED) is 0.902. The summed E-state index contributed by atoms with van der Waals surface area (Å²) in [6.45, 7) is 7.17. The SMILES string of the molecule is CC1(C)[C@@H]2C[C@@H](OCc3ccccc3)[C@](C)(O)C[C@@H]21. The molecule has 0 aliphatic heterocycles. The molecule has 0 unspecified atom stereocenters. The van der Waals surface area contributed by atoms with Gasteiger partial charge in [0.2, 0.25) is 0 Å². The van der Waals surface area contributed by atoms with Crippen molar-refractivity contribution in [3.8, 4) is 0 Å². The third kappa shape index (κ3) is 2.32. The zero-order valence-electron chi connectivity index (χ0n) is 12.1. The first kappa shape index (κ1) is 13.1. The Labute approximate surface area is 115 Å². The zero-order valence-corrected chi connectivity index (χ0v) is 12.1. The maximum Gasteiger partial charge on any atom is 0.0883 e. The Hall–Kier alpha value is -0.860. The number of ether oxygens (including phenoxy) is 1. The second kappa shape index (κ2) is 4.32. The lowest BCUT2D eigenvalue weighted by atomic mass is 9.83. The molecule has 2 saturated carbocycles. The first-order chi connectivity index (χ1) is 8.91. The van der Waals surface area contributed by atoms with Gasteiger partial charge in [-0.2, -0.15) is 0 Å². The van der Waals surface area contributed by atoms with Crippen LogP contribution in [0.15, 0.2) is 30.3 Å². The largest absolute Gasteiger partial charge is 0.387 e. The number of rotatable bonds is 3. The van der Waals surface area contributed by atoms with Gasteiger partial charge in [-0.25, -0.2) is 0 Å². The lowest BCUT2D eigenvalue weighted by Gasteiger charge is -2.36. The van der Waals surface area contributed by atoms with E-state index in [4.69, 9.17) is 4.74 Å². The predicted molar refractivity (Wildman–Crippen MR) is 75.6 cm³/mol. The van der Waals surface area contributed by atoms with Crippen molar-refractivity contribution in [1.29, 1.82) is 0 Å². The molecule has 2 heteroatoms. The van der Waals surface area contributed by atoms with E-state index in [2.05, 4.69) is 26.0 Å². The van der Waals surface area contributed by atoms with Gasteiger partial charge in [-0.3, -0.25) is 0 Å². The molecule has 1 aromatic rings. The van der Waals surface area contributed by atoms with Gasteiger partial charge in [0.1, 0.15) is 0 Å². The molecule has 2 aliphatic carbocycles. The molecule has 0 radical (unpaired) electrons. The van der Waals surface area contributed by atoms with E-state index < -0.39 is 5.60 Å². The fourth-order valence-electron chi connectivity index (χ4n) is 3.81. The Morgan fingerprint density at radius 3 is 2.53 bits per heavy atom. The minimum Gasteiger partial charge on any atom is -0.387 e. The lowest BCUT2D eigenvalue weighted by Crippen LogP contribution is -2.44. The number of fused-ring (bicyclic) bond motifs is 1. The topological polar surface area (TPSA) is 29.5 Å².